The molecular weight excluding hydrogens is 238 g/mol. The fourth-order valence-electron chi connectivity index (χ4n) is 2.19. The third-order valence-corrected chi connectivity index (χ3v) is 3.46. The molecule has 2 atom stereocenters. The van der Waals surface area contributed by atoms with Crippen LogP contribution in [0.15, 0.2) is 24.3 Å². The second kappa shape index (κ2) is 5.90. The van der Waals surface area contributed by atoms with Gasteiger partial charge in [0.1, 0.15) is 6.61 Å². The highest BCUT2D eigenvalue weighted by molar-refractivity contribution is 5.81. The smallest absolute Gasteiger partial charge is 0.226 e. The molecule has 3 nitrogen and oxygen atoms in total. The first-order valence-corrected chi connectivity index (χ1v) is 6.55. The topological polar surface area (TPSA) is 40.5 Å². The Balaban J connectivity index is 2.00. The van der Waals surface area contributed by atoms with Gasteiger partial charge in [0.25, 0.3) is 0 Å². The summed E-state index contributed by atoms with van der Waals surface area (Å²) in [4.78, 5) is 13.8. The molecule has 0 saturated heterocycles. The Labute approximate surface area is 114 Å². The van der Waals surface area contributed by atoms with Gasteiger partial charge in [-0.05, 0) is 30.0 Å². The molecule has 1 fully saturated rings. The predicted molar refractivity (Wildman–Crippen MR) is 74.2 cm³/mol. The molecule has 2 rings (SSSR count). The monoisotopic (exact) mass is 257 g/mol. The molecule has 0 spiro atoms. The van der Waals surface area contributed by atoms with E-state index in [0.717, 1.165) is 17.5 Å². The summed E-state index contributed by atoms with van der Waals surface area (Å²) in [5.74, 6) is 6.50. The lowest BCUT2D eigenvalue weighted by molar-refractivity contribution is -0.132. The summed E-state index contributed by atoms with van der Waals surface area (Å²) in [5, 5.41) is 8.68. The van der Waals surface area contributed by atoms with Crippen LogP contribution in [0.25, 0.3) is 0 Å². The summed E-state index contributed by atoms with van der Waals surface area (Å²) in [6.45, 7) is 2.58. The number of carbonyl (C=O) groups excluding carboxylic acids is 1. The van der Waals surface area contributed by atoms with Gasteiger partial charge in [-0.25, -0.2) is 0 Å². The van der Waals surface area contributed by atoms with Crippen LogP contribution in [0, 0.1) is 23.7 Å². The molecule has 1 N–H and O–H groups in total. The SMILES string of the molecule is CC1CC1C(=O)N(C)Cc1cccc(C#CCO)c1. The number of amides is 1. The fourth-order valence-corrected chi connectivity index (χ4v) is 2.19. The van der Waals surface area contributed by atoms with E-state index >= 15 is 0 Å². The zero-order valence-electron chi connectivity index (χ0n) is 11.4. The van der Waals surface area contributed by atoms with Gasteiger partial charge in [0.2, 0.25) is 5.91 Å². The quantitative estimate of drug-likeness (QED) is 0.836. The van der Waals surface area contributed by atoms with Gasteiger partial charge < -0.3 is 10.0 Å². The van der Waals surface area contributed by atoms with Crippen molar-refractivity contribution in [1.29, 1.82) is 0 Å². The zero-order chi connectivity index (χ0) is 13.8. The van der Waals surface area contributed by atoms with Crippen molar-refractivity contribution in [3.8, 4) is 11.8 Å². The first-order valence-electron chi connectivity index (χ1n) is 6.55. The Morgan fingerprint density at radius 2 is 2.26 bits per heavy atom. The van der Waals surface area contributed by atoms with Crippen LogP contribution in [0.1, 0.15) is 24.5 Å². The highest BCUT2D eigenvalue weighted by atomic mass is 16.2. The first-order chi connectivity index (χ1) is 9.11. The molecule has 1 amide bonds. The number of hydrogen-bond acceptors (Lipinski definition) is 2. The number of hydrogen-bond donors (Lipinski definition) is 1. The van der Waals surface area contributed by atoms with Crippen LogP contribution in [-0.2, 0) is 11.3 Å². The van der Waals surface area contributed by atoms with Crippen molar-refractivity contribution in [1.82, 2.24) is 4.90 Å². The average Bonchev–Trinajstić information content (AvgIpc) is 3.13. The summed E-state index contributed by atoms with van der Waals surface area (Å²) in [6, 6.07) is 7.78. The molecule has 1 aliphatic carbocycles. The van der Waals surface area contributed by atoms with Crippen LogP contribution in [0.3, 0.4) is 0 Å². The maximum absolute atomic E-state index is 12.0. The lowest BCUT2D eigenvalue weighted by Gasteiger charge is -2.17. The first kappa shape index (κ1) is 13.6. The van der Waals surface area contributed by atoms with Crippen LogP contribution >= 0.6 is 0 Å². The lowest BCUT2D eigenvalue weighted by Crippen LogP contribution is -2.28. The van der Waals surface area contributed by atoms with E-state index in [-0.39, 0.29) is 18.4 Å². The minimum atomic E-state index is -0.137. The Morgan fingerprint density at radius 3 is 2.89 bits per heavy atom. The Morgan fingerprint density at radius 1 is 1.53 bits per heavy atom. The molecule has 3 heteroatoms. The molecule has 1 aromatic carbocycles. The van der Waals surface area contributed by atoms with Crippen LogP contribution in [0.4, 0.5) is 0 Å². The highest BCUT2D eigenvalue weighted by Crippen LogP contribution is 2.39. The minimum Gasteiger partial charge on any atom is -0.384 e. The van der Waals surface area contributed by atoms with Crippen molar-refractivity contribution in [2.24, 2.45) is 11.8 Å². The van der Waals surface area contributed by atoms with Crippen LogP contribution in [-0.4, -0.2) is 29.6 Å². The second-order valence-electron chi connectivity index (χ2n) is 5.17. The standard InChI is InChI=1S/C16H19NO2/c1-12-9-15(12)16(19)17(2)11-14-6-3-5-13(10-14)7-4-8-18/h3,5-6,10,12,15,18H,8-9,11H2,1-2H3. The van der Waals surface area contributed by atoms with Gasteiger partial charge in [-0.2, -0.15) is 0 Å². The van der Waals surface area contributed by atoms with E-state index in [4.69, 9.17) is 5.11 Å². The fraction of sp³-hybridized carbons (Fsp3) is 0.438. The molecule has 100 valence electrons. The van der Waals surface area contributed by atoms with Gasteiger partial charge in [0.05, 0.1) is 0 Å². The zero-order valence-corrected chi connectivity index (χ0v) is 11.4. The van der Waals surface area contributed by atoms with E-state index in [9.17, 15) is 4.79 Å². The van der Waals surface area contributed by atoms with E-state index < -0.39 is 0 Å². The van der Waals surface area contributed by atoms with Crippen LogP contribution < -0.4 is 0 Å². The van der Waals surface area contributed by atoms with Crippen molar-refractivity contribution in [2.75, 3.05) is 13.7 Å². The van der Waals surface area contributed by atoms with E-state index in [2.05, 4.69) is 18.8 Å². The summed E-state index contributed by atoms with van der Waals surface area (Å²) in [6.07, 6.45) is 1.02. The van der Waals surface area contributed by atoms with Crippen molar-refractivity contribution < 1.29 is 9.90 Å². The number of nitrogens with zero attached hydrogens (tertiary/aromatic N) is 1. The Kier molecular flexibility index (Phi) is 4.24. The molecule has 2 unspecified atom stereocenters. The predicted octanol–water partition coefficient (Wildman–Crippen LogP) is 1.64. The van der Waals surface area contributed by atoms with Gasteiger partial charge >= 0.3 is 0 Å². The maximum atomic E-state index is 12.0. The van der Waals surface area contributed by atoms with Crippen molar-refractivity contribution >= 4 is 5.91 Å². The lowest BCUT2D eigenvalue weighted by atomic mass is 10.1. The van der Waals surface area contributed by atoms with E-state index in [1.165, 1.54) is 0 Å². The summed E-state index contributed by atoms with van der Waals surface area (Å²) in [5.41, 5.74) is 1.93. The van der Waals surface area contributed by atoms with E-state index in [0.29, 0.717) is 12.5 Å². The number of benzene rings is 1. The Hall–Kier alpha value is -1.79. The van der Waals surface area contributed by atoms with Crippen LogP contribution in [0.2, 0.25) is 0 Å². The summed E-state index contributed by atoms with van der Waals surface area (Å²) < 4.78 is 0. The molecule has 0 aliphatic heterocycles. The molecule has 0 radical (unpaired) electrons. The highest BCUT2D eigenvalue weighted by Gasteiger charge is 2.40. The van der Waals surface area contributed by atoms with E-state index in [1.54, 1.807) is 4.90 Å². The maximum Gasteiger partial charge on any atom is 0.226 e. The van der Waals surface area contributed by atoms with Gasteiger partial charge in [0, 0.05) is 25.1 Å². The summed E-state index contributed by atoms with van der Waals surface area (Å²) in [7, 11) is 1.85. The normalized spacial score (nSPS) is 20.4. The molecule has 1 aromatic rings. The van der Waals surface area contributed by atoms with Crippen molar-refractivity contribution in [3.63, 3.8) is 0 Å². The minimum absolute atomic E-state index is 0.137. The summed E-state index contributed by atoms with van der Waals surface area (Å²) >= 11 is 0. The molecule has 0 aromatic heterocycles. The van der Waals surface area contributed by atoms with Gasteiger partial charge in [-0.15, -0.1) is 0 Å². The molecule has 1 saturated carbocycles. The number of carbonyl (C=O) groups is 1. The average molecular weight is 257 g/mol. The Bertz CT molecular complexity index is 527. The number of rotatable bonds is 3. The van der Waals surface area contributed by atoms with Gasteiger partial charge in [-0.3, -0.25) is 4.79 Å². The van der Waals surface area contributed by atoms with Gasteiger partial charge in [-0.1, -0.05) is 30.9 Å². The largest absolute Gasteiger partial charge is 0.384 e. The third-order valence-electron chi connectivity index (χ3n) is 3.46. The molecule has 19 heavy (non-hydrogen) atoms. The van der Waals surface area contributed by atoms with Crippen molar-refractivity contribution in [3.05, 3.63) is 35.4 Å². The van der Waals surface area contributed by atoms with Crippen LogP contribution in [0.5, 0.6) is 0 Å². The number of aliphatic hydroxyl groups excluding tert-OH is 1. The molecule has 1 aliphatic rings. The van der Waals surface area contributed by atoms with Crippen molar-refractivity contribution in [2.45, 2.75) is 19.9 Å². The third kappa shape index (κ3) is 3.59. The molecule has 0 heterocycles. The molecular formula is C16H19NO2. The van der Waals surface area contributed by atoms with Gasteiger partial charge in [0.15, 0.2) is 0 Å². The molecule has 0 bridgehead atoms. The van der Waals surface area contributed by atoms with E-state index in [1.807, 2.05) is 31.3 Å². The number of aliphatic hydroxyl groups is 1. The second-order valence-corrected chi connectivity index (χ2v) is 5.17.